The molecule has 9 heteroatoms. The van der Waals surface area contributed by atoms with Gasteiger partial charge in [0.2, 0.25) is 5.79 Å². The van der Waals surface area contributed by atoms with Crippen LogP contribution in [0.5, 0.6) is 0 Å². The molecule has 3 aliphatic rings. The van der Waals surface area contributed by atoms with E-state index in [1.165, 1.54) is 28.4 Å². The van der Waals surface area contributed by atoms with E-state index in [-0.39, 0.29) is 22.9 Å². The van der Waals surface area contributed by atoms with Gasteiger partial charge in [-0.3, -0.25) is 0 Å². The van der Waals surface area contributed by atoms with Gasteiger partial charge in [0.25, 0.3) is 11.5 Å². The van der Waals surface area contributed by atoms with Crippen LogP contribution in [0.1, 0.15) is 40.5 Å². The average Bonchev–Trinajstić information content (AvgIpc) is 3.18. The minimum atomic E-state index is -2.16. The Kier molecular flexibility index (Phi) is 6.10. The zero-order valence-corrected chi connectivity index (χ0v) is 19.9. The first-order valence-electron chi connectivity index (χ1n) is 10.5. The molecule has 32 heavy (non-hydrogen) atoms. The quantitative estimate of drug-likeness (QED) is 0.269. The largest absolute Gasteiger partial charge is 0.468 e. The fourth-order valence-electron chi connectivity index (χ4n) is 5.89. The van der Waals surface area contributed by atoms with Gasteiger partial charge in [0.1, 0.15) is 5.57 Å². The van der Waals surface area contributed by atoms with Crippen LogP contribution >= 0.6 is 0 Å². The fraction of sp³-hybridized carbons (Fsp3) is 0.696. The van der Waals surface area contributed by atoms with Crippen LogP contribution in [0.4, 0.5) is 0 Å². The summed E-state index contributed by atoms with van der Waals surface area (Å²) in [7, 11) is 4.96. The van der Waals surface area contributed by atoms with Crippen molar-refractivity contribution < 1.29 is 42.8 Å². The second-order valence-corrected chi connectivity index (χ2v) is 9.29. The van der Waals surface area contributed by atoms with Crippen LogP contribution in [0.2, 0.25) is 0 Å². The standard InChI is InChI=1S/C23H32O9/c1-12-10-9-11-21(2,3)14(12)16-15-13(17(24)27-5)18(28-6)31-22(15,4)32-23(16,19(25)29-7)20(26)30-8/h10,14-16H,9,11H2,1-8H3. The SMILES string of the molecule is COC(=O)C1=C(OC)OC2(C)OC(C(=O)OC)(C(=O)OC)C(C3C(C)=CCCC3(C)C)C12. The van der Waals surface area contributed by atoms with Crippen LogP contribution in [-0.2, 0) is 42.8 Å². The van der Waals surface area contributed by atoms with Crippen molar-refractivity contribution in [2.24, 2.45) is 23.2 Å². The molecule has 0 amide bonds. The number of ether oxygens (including phenoxy) is 6. The lowest BCUT2D eigenvalue weighted by atomic mass is 9.56. The molecule has 0 aromatic heterocycles. The van der Waals surface area contributed by atoms with E-state index in [1.807, 2.05) is 6.92 Å². The Labute approximate surface area is 188 Å². The van der Waals surface area contributed by atoms with Crippen molar-refractivity contribution >= 4 is 17.9 Å². The highest BCUT2D eigenvalue weighted by atomic mass is 16.8. The van der Waals surface area contributed by atoms with E-state index in [4.69, 9.17) is 28.4 Å². The molecule has 0 saturated carbocycles. The lowest BCUT2D eigenvalue weighted by Crippen LogP contribution is -2.58. The number of fused-ring (bicyclic) bond motifs is 1. The molecule has 1 fully saturated rings. The molecule has 4 atom stereocenters. The van der Waals surface area contributed by atoms with Gasteiger partial charge >= 0.3 is 17.9 Å². The smallest absolute Gasteiger partial charge is 0.350 e. The minimum absolute atomic E-state index is 0.0621. The summed E-state index contributed by atoms with van der Waals surface area (Å²) in [6.45, 7) is 7.66. The van der Waals surface area contributed by atoms with Gasteiger partial charge < -0.3 is 28.4 Å². The number of hydrogen-bond donors (Lipinski definition) is 0. The summed E-state index contributed by atoms with van der Waals surface area (Å²) < 4.78 is 32.6. The van der Waals surface area contributed by atoms with E-state index in [0.717, 1.165) is 18.4 Å². The first kappa shape index (κ1) is 24.1. The maximum absolute atomic E-state index is 13.3. The van der Waals surface area contributed by atoms with Crippen molar-refractivity contribution in [2.45, 2.75) is 51.9 Å². The Bertz CT molecular complexity index is 868. The number of methoxy groups -OCH3 is 4. The first-order chi connectivity index (χ1) is 14.9. The topological polar surface area (TPSA) is 107 Å². The molecule has 3 rings (SSSR count). The van der Waals surface area contributed by atoms with Crippen LogP contribution in [0.15, 0.2) is 23.2 Å². The molecule has 1 aliphatic carbocycles. The molecule has 0 spiro atoms. The highest BCUT2D eigenvalue weighted by molar-refractivity contribution is 6.05. The third kappa shape index (κ3) is 3.20. The highest BCUT2D eigenvalue weighted by Crippen LogP contribution is 2.63. The number of allylic oxidation sites excluding steroid dienone is 2. The van der Waals surface area contributed by atoms with Crippen molar-refractivity contribution in [3.63, 3.8) is 0 Å². The molecule has 0 radical (unpaired) electrons. The monoisotopic (exact) mass is 452 g/mol. The zero-order valence-electron chi connectivity index (χ0n) is 19.9. The van der Waals surface area contributed by atoms with Crippen molar-refractivity contribution in [1.82, 2.24) is 0 Å². The van der Waals surface area contributed by atoms with E-state index in [2.05, 4.69) is 19.9 Å². The number of carbonyl (C=O) groups is 3. The number of hydrogen-bond acceptors (Lipinski definition) is 9. The molecular formula is C23H32O9. The summed E-state index contributed by atoms with van der Waals surface area (Å²) in [5, 5.41) is 0. The van der Waals surface area contributed by atoms with Gasteiger partial charge in [0.05, 0.1) is 34.4 Å². The van der Waals surface area contributed by atoms with E-state index in [1.54, 1.807) is 6.92 Å². The third-order valence-electron chi connectivity index (χ3n) is 7.10. The van der Waals surface area contributed by atoms with Crippen molar-refractivity contribution in [2.75, 3.05) is 28.4 Å². The maximum atomic E-state index is 13.3. The van der Waals surface area contributed by atoms with E-state index in [0.29, 0.717) is 0 Å². The van der Waals surface area contributed by atoms with Gasteiger partial charge in [0.15, 0.2) is 0 Å². The number of rotatable bonds is 5. The van der Waals surface area contributed by atoms with Crippen LogP contribution in [-0.4, -0.2) is 57.7 Å². The summed E-state index contributed by atoms with van der Waals surface area (Å²) in [6.07, 6.45) is 3.75. The molecule has 178 valence electrons. The normalized spacial score (nSPS) is 32.4. The van der Waals surface area contributed by atoms with Gasteiger partial charge in [-0.25, -0.2) is 14.4 Å². The Morgan fingerprint density at radius 3 is 2.03 bits per heavy atom. The third-order valence-corrected chi connectivity index (χ3v) is 7.10. The van der Waals surface area contributed by atoms with Crippen LogP contribution in [0.3, 0.4) is 0 Å². The Balaban J connectivity index is 2.37. The van der Waals surface area contributed by atoms with Crippen LogP contribution in [0.25, 0.3) is 0 Å². The van der Waals surface area contributed by atoms with Gasteiger partial charge in [-0.1, -0.05) is 25.5 Å². The van der Waals surface area contributed by atoms with Gasteiger partial charge in [0, 0.05) is 12.8 Å². The van der Waals surface area contributed by atoms with E-state index >= 15 is 0 Å². The summed E-state index contributed by atoms with van der Waals surface area (Å²) in [5.41, 5.74) is -1.45. The molecule has 0 bridgehead atoms. The van der Waals surface area contributed by atoms with E-state index in [9.17, 15) is 14.4 Å². The maximum Gasteiger partial charge on any atom is 0.350 e. The van der Waals surface area contributed by atoms with Gasteiger partial charge in [-0.05, 0) is 31.1 Å². The summed E-state index contributed by atoms with van der Waals surface area (Å²) in [4.78, 5) is 39.5. The molecule has 2 aliphatic heterocycles. The summed E-state index contributed by atoms with van der Waals surface area (Å²) >= 11 is 0. The second-order valence-electron chi connectivity index (χ2n) is 9.29. The highest BCUT2D eigenvalue weighted by Gasteiger charge is 2.77. The fourth-order valence-corrected chi connectivity index (χ4v) is 5.89. The molecule has 0 N–H and O–H groups in total. The lowest BCUT2D eigenvalue weighted by Gasteiger charge is -2.46. The molecule has 9 nitrogen and oxygen atoms in total. The molecule has 4 unspecified atom stereocenters. The number of carbonyl (C=O) groups excluding carboxylic acids is 3. The zero-order chi connectivity index (χ0) is 24.1. The van der Waals surface area contributed by atoms with Crippen LogP contribution in [0, 0.1) is 23.2 Å². The van der Waals surface area contributed by atoms with Crippen molar-refractivity contribution in [3.8, 4) is 0 Å². The molecular weight excluding hydrogens is 420 g/mol. The Morgan fingerprint density at radius 1 is 0.969 bits per heavy atom. The Morgan fingerprint density at radius 2 is 1.56 bits per heavy atom. The summed E-state index contributed by atoms with van der Waals surface area (Å²) in [6, 6.07) is 0. The van der Waals surface area contributed by atoms with Gasteiger partial charge in [-0.2, -0.15) is 0 Å². The molecule has 2 heterocycles. The van der Waals surface area contributed by atoms with Crippen molar-refractivity contribution in [1.29, 1.82) is 0 Å². The lowest BCUT2D eigenvalue weighted by molar-refractivity contribution is -0.247. The molecule has 1 saturated heterocycles. The van der Waals surface area contributed by atoms with Crippen LogP contribution < -0.4 is 0 Å². The van der Waals surface area contributed by atoms with Crippen molar-refractivity contribution in [3.05, 3.63) is 23.2 Å². The number of esters is 3. The van der Waals surface area contributed by atoms with E-state index < -0.39 is 41.1 Å². The Hall–Kier alpha value is -2.55. The average molecular weight is 453 g/mol. The molecule has 0 aromatic carbocycles. The predicted octanol–water partition coefficient (Wildman–Crippen LogP) is 2.49. The summed E-state index contributed by atoms with van der Waals surface area (Å²) in [5.74, 6) is -6.25. The predicted molar refractivity (Wildman–Crippen MR) is 111 cm³/mol. The molecule has 0 aromatic rings. The minimum Gasteiger partial charge on any atom is -0.468 e. The second kappa shape index (κ2) is 8.10. The first-order valence-corrected chi connectivity index (χ1v) is 10.5. The van der Waals surface area contributed by atoms with Gasteiger partial charge in [-0.15, -0.1) is 0 Å².